The Morgan fingerprint density at radius 1 is 1.56 bits per heavy atom. The highest BCUT2D eigenvalue weighted by atomic mass is 79.9. The summed E-state index contributed by atoms with van der Waals surface area (Å²) in [6.45, 7) is 4.03. The summed E-state index contributed by atoms with van der Waals surface area (Å²) in [5, 5.41) is 3.30. The molecule has 0 spiro atoms. The lowest BCUT2D eigenvalue weighted by Crippen LogP contribution is -2.18. The standard InChI is InChI=1S/C11H17BrN2OS/c1-8(6-7-16(3)15)13-11-5-4-10(12)9(2)14-11/h4-5,8H,6-7H2,1-3H3,(H,13,14). The summed E-state index contributed by atoms with van der Waals surface area (Å²) in [6.07, 6.45) is 2.62. The van der Waals surface area contributed by atoms with Crippen molar-refractivity contribution in [3.8, 4) is 0 Å². The molecule has 1 aromatic heterocycles. The van der Waals surface area contributed by atoms with Crippen molar-refractivity contribution < 1.29 is 4.21 Å². The zero-order chi connectivity index (χ0) is 12.1. The van der Waals surface area contributed by atoms with Crippen LogP contribution in [0.15, 0.2) is 16.6 Å². The molecule has 90 valence electrons. The minimum Gasteiger partial charge on any atom is -0.368 e. The van der Waals surface area contributed by atoms with E-state index >= 15 is 0 Å². The van der Waals surface area contributed by atoms with Gasteiger partial charge in [-0.3, -0.25) is 4.21 Å². The maximum Gasteiger partial charge on any atom is 0.126 e. The number of halogens is 1. The van der Waals surface area contributed by atoms with Gasteiger partial charge in [-0.1, -0.05) is 0 Å². The van der Waals surface area contributed by atoms with E-state index in [1.807, 2.05) is 19.1 Å². The summed E-state index contributed by atoms with van der Waals surface area (Å²) in [4.78, 5) is 4.41. The van der Waals surface area contributed by atoms with Crippen LogP contribution in [0.4, 0.5) is 5.82 Å². The highest BCUT2D eigenvalue weighted by molar-refractivity contribution is 9.10. The van der Waals surface area contributed by atoms with Crippen molar-refractivity contribution in [1.82, 2.24) is 4.98 Å². The highest BCUT2D eigenvalue weighted by Crippen LogP contribution is 2.16. The molecule has 1 heterocycles. The summed E-state index contributed by atoms with van der Waals surface area (Å²) >= 11 is 3.41. The van der Waals surface area contributed by atoms with E-state index < -0.39 is 10.8 Å². The molecule has 0 fully saturated rings. The normalized spacial score (nSPS) is 14.5. The van der Waals surface area contributed by atoms with Crippen molar-refractivity contribution >= 4 is 32.5 Å². The molecule has 1 rings (SSSR count). The fourth-order valence-electron chi connectivity index (χ4n) is 1.29. The fourth-order valence-corrected chi connectivity index (χ4v) is 2.20. The molecule has 0 saturated heterocycles. The van der Waals surface area contributed by atoms with E-state index in [4.69, 9.17) is 0 Å². The Kier molecular flexibility index (Phi) is 5.41. The van der Waals surface area contributed by atoms with Gasteiger partial charge in [0.25, 0.3) is 0 Å². The quantitative estimate of drug-likeness (QED) is 0.909. The van der Waals surface area contributed by atoms with Gasteiger partial charge in [-0.15, -0.1) is 0 Å². The van der Waals surface area contributed by atoms with Crippen molar-refractivity contribution in [2.45, 2.75) is 26.3 Å². The number of aryl methyl sites for hydroxylation is 1. The number of pyridine rings is 1. The van der Waals surface area contributed by atoms with Crippen molar-refractivity contribution in [1.29, 1.82) is 0 Å². The molecule has 2 atom stereocenters. The smallest absolute Gasteiger partial charge is 0.126 e. The van der Waals surface area contributed by atoms with Gasteiger partial charge in [0, 0.05) is 33.3 Å². The van der Waals surface area contributed by atoms with Crippen LogP contribution in [-0.4, -0.2) is 27.2 Å². The van der Waals surface area contributed by atoms with Crippen LogP contribution < -0.4 is 5.32 Å². The Labute approximate surface area is 108 Å². The van der Waals surface area contributed by atoms with Crippen molar-refractivity contribution in [3.05, 3.63) is 22.3 Å². The van der Waals surface area contributed by atoms with Crippen molar-refractivity contribution in [2.24, 2.45) is 0 Å². The van der Waals surface area contributed by atoms with Gasteiger partial charge in [-0.25, -0.2) is 4.98 Å². The minimum absolute atomic E-state index is 0.289. The Hall–Kier alpha value is -0.420. The van der Waals surface area contributed by atoms with Gasteiger partial charge in [-0.05, 0) is 48.3 Å². The second-order valence-corrected chi connectivity index (χ2v) is 6.28. The first-order chi connectivity index (χ1) is 7.49. The molecule has 0 saturated carbocycles. The van der Waals surface area contributed by atoms with Gasteiger partial charge in [0.2, 0.25) is 0 Å². The van der Waals surface area contributed by atoms with E-state index in [9.17, 15) is 4.21 Å². The lowest BCUT2D eigenvalue weighted by atomic mass is 10.2. The molecule has 0 aromatic carbocycles. The van der Waals surface area contributed by atoms with Crippen LogP contribution in [0, 0.1) is 6.92 Å². The average molecular weight is 305 g/mol. The second kappa shape index (κ2) is 6.35. The van der Waals surface area contributed by atoms with E-state index in [-0.39, 0.29) is 6.04 Å². The third kappa shape index (κ3) is 4.61. The van der Waals surface area contributed by atoms with Gasteiger partial charge in [0.15, 0.2) is 0 Å². The van der Waals surface area contributed by atoms with Gasteiger partial charge in [0.05, 0.1) is 5.69 Å². The number of hydrogen-bond donors (Lipinski definition) is 1. The predicted molar refractivity (Wildman–Crippen MR) is 73.3 cm³/mol. The summed E-state index contributed by atoms with van der Waals surface area (Å²) in [7, 11) is -0.720. The minimum atomic E-state index is -0.720. The second-order valence-electron chi connectivity index (χ2n) is 3.88. The number of anilines is 1. The first kappa shape index (κ1) is 13.6. The Balaban J connectivity index is 2.52. The molecule has 3 nitrogen and oxygen atoms in total. The highest BCUT2D eigenvalue weighted by Gasteiger charge is 2.05. The predicted octanol–water partition coefficient (Wildman–Crippen LogP) is 2.72. The first-order valence-corrected chi connectivity index (χ1v) is 7.70. The summed E-state index contributed by atoms with van der Waals surface area (Å²) in [5.74, 6) is 1.60. The maximum absolute atomic E-state index is 11.0. The molecule has 2 unspecified atom stereocenters. The topological polar surface area (TPSA) is 42.0 Å². The summed E-state index contributed by atoms with van der Waals surface area (Å²) in [6, 6.07) is 4.21. The molecular weight excluding hydrogens is 288 g/mol. The number of rotatable bonds is 5. The Morgan fingerprint density at radius 3 is 2.81 bits per heavy atom. The largest absolute Gasteiger partial charge is 0.368 e. The summed E-state index contributed by atoms with van der Waals surface area (Å²) < 4.78 is 12.0. The number of nitrogens with zero attached hydrogens (tertiary/aromatic N) is 1. The molecule has 0 aliphatic heterocycles. The molecule has 0 bridgehead atoms. The monoisotopic (exact) mass is 304 g/mol. The molecule has 16 heavy (non-hydrogen) atoms. The Morgan fingerprint density at radius 2 is 2.25 bits per heavy atom. The van der Waals surface area contributed by atoms with E-state index in [0.717, 1.165) is 28.2 Å². The lowest BCUT2D eigenvalue weighted by molar-refractivity contribution is 0.678. The van der Waals surface area contributed by atoms with Crippen LogP contribution in [0.1, 0.15) is 19.0 Å². The van der Waals surface area contributed by atoms with Gasteiger partial charge >= 0.3 is 0 Å². The maximum atomic E-state index is 11.0. The molecular formula is C11H17BrN2OS. The molecule has 1 N–H and O–H groups in total. The van der Waals surface area contributed by atoms with E-state index in [1.165, 1.54) is 0 Å². The lowest BCUT2D eigenvalue weighted by Gasteiger charge is -2.14. The third-order valence-electron chi connectivity index (χ3n) is 2.25. The SMILES string of the molecule is Cc1nc(NC(C)CCS(C)=O)ccc1Br. The molecule has 0 aliphatic rings. The zero-order valence-corrected chi connectivity index (χ0v) is 12.2. The zero-order valence-electron chi connectivity index (χ0n) is 9.79. The fraction of sp³-hybridized carbons (Fsp3) is 0.545. The van der Waals surface area contributed by atoms with E-state index in [1.54, 1.807) is 6.26 Å². The van der Waals surface area contributed by atoms with Crippen molar-refractivity contribution in [2.75, 3.05) is 17.3 Å². The first-order valence-electron chi connectivity index (χ1n) is 5.18. The molecule has 0 radical (unpaired) electrons. The van der Waals surface area contributed by atoms with Crippen LogP contribution >= 0.6 is 15.9 Å². The average Bonchev–Trinajstić information content (AvgIpc) is 2.21. The van der Waals surface area contributed by atoms with E-state index in [0.29, 0.717) is 0 Å². The number of hydrogen-bond acceptors (Lipinski definition) is 3. The van der Waals surface area contributed by atoms with Crippen molar-refractivity contribution in [3.63, 3.8) is 0 Å². The third-order valence-corrected chi connectivity index (χ3v) is 3.90. The van der Waals surface area contributed by atoms with Crippen LogP contribution in [0.25, 0.3) is 0 Å². The number of nitrogens with one attached hydrogen (secondary N) is 1. The van der Waals surface area contributed by atoms with E-state index in [2.05, 4.69) is 33.2 Å². The van der Waals surface area contributed by atoms with Gasteiger partial charge < -0.3 is 5.32 Å². The summed E-state index contributed by atoms with van der Waals surface area (Å²) in [5.41, 5.74) is 0.969. The van der Waals surface area contributed by atoms with Crippen LogP contribution in [0.3, 0.4) is 0 Å². The molecule has 5 heteroatoms. The van der Waals surface area contributed by atoms with Crippen LogP contribution in [0.5, 0.6) is 0 Å². The van der Waals surface area contributed by atoms with Gasteiger partial charge in [0.1, 0.15) is 5.82 Å². The van der Waals surface area contributed by atoms with Crippen LogP contribution in [-0.2, 0) is 10.8 Å². The van der Waals surface area contributed by atoms with Crippen LogP contribution in [0.2, 0.25) is 0 Å². The molecule has 1 aromatic rings. The molecule has 0 aliphatic carbocycles. The number of aromatic nitrogens is 1. The van der Waals surface area contributed by atoms with Gasteiger partial charge in [-0.2, -0.15) is 0 Å². The Bertz CT molecular complexity index is 384. The molecule has 0 amide bonds.